The van der Waals surface area contributed by atoms with E-state index in [0.717, 1.165) is 0 Å². The van der Waals surface area contributed by atoms with Crippen molar-refractivity contribution in [3.63, 3.8) is 0 Å². The molecule has 0 saturated carbocycles. The van der Waals surface area contributed by atoms with E-state index < -0.39 is 0 Å². The molecule has 27 heavy (non-hydrogen) atoms. The third kappa shape index (κ3) is 26.4. The lowest BCUT2D eigenvalue weighted by Gasteiger charge is -2.18. The fourth-order valence-electron chi connectivity index (χ4n) is 3.68. The summed E-state index contributed by atoms with van der Waals surface area (Å²) in [6.45, 7) is 6.96. The molecular formula is C24H54NOP. The van der Waals surface area contributed by atoms with Crippen LogP contribution in [0.2, 0.25) is 0 Å². The zero-order valence-electron chi connectivity index (χ0n) is 19.3. The monoisotopic (exact) mass is 403 g/mol. The summed E-state index contributed by atoms with van der Waals surface area (Å²) in [5, 5.41) is 6.50. The first-order valence-corrected chi connectivity index (χ1v) is 14.2. The molecule has 0 aliphatic carbocycles. The van der Waals surface area contributed by atoms with Gasteiger partial charge in [0.25, 0.3) is 0 Å². The lowest BCUT2D eigenvalue weighted by Crippen LogP contribution is -1.97. The van der Waals surface area contributed by atoms with E-state index in [2.05, 4.69) is 26.7 Å². The molecular weight excluding hydrogens is 349 g/mol. The predicted molar refractivity (Wildman–Crippen MR) is 128 cm³/mol. The van der Waals surface area contributed by atoms with E-state index in [1.807, 2.05) is 0 Å². The van der Waals surface area contributed by atoms with E-state index in [-0.39, 0.29) is 0 Å². The van der Waals surface area contributed by atoms with Gasteiger partial charge in [-0.2, -0.15) is 0 Å². The molecule has 0 aromatic rings. The number of hydrogen-bond acceptors (Lipinski definition) is 2. The van der Waals surface area contributed by atoms with Crippen molar-refractivity contribution in [3.8, 4) is 0 Å². The van der Waals surface area contributed by atoms with Gasteiger partial charge in [0.05, 0.1) is 0 Å². The minimum absolute atomic E-state index is 0.366. The Kier molecular flexibility index (Phi) is 31.3. The molecule has 3 heteroatoms. The number of hydrogen-bond donors (Lipinski definition) is 2. The Bertz CT molecular complexity index is 200. The first-order chi connectivity index (χ1) is 13.3. The van der Waals surface area contributed by atoms with Gasteiger partial charge in [-0.25, -0.2) is 5.90 Å². The van der Waals surface area contributed by atoms with E-state index >= 15 is 0 Å². The molecule has 0 aromatic carbocycles. The van der Waals surface area contributed by atoms with Crippen molar-refractivity contribution < 1.29 is 5.21 Å². The summed E-state index contributed by atoms with van der Waals surface area (Å²) in [6, 6.07) is 0. The maximum absolute atomic E-state index is 6.50. The van der Waals surface area contributed by atoms with Gasteiger partial charge < -0.3 is 5.21 Å². The van der Waals surface area contributed by atoms with Gasteiger partial charge in [-0.1, -0.05) is 117 Å². The van der Waals surface area contributed by atoms with Crippen LogP contribution in [0.3, 0.4) is 0 Å². The van der Waals surface area contributed by atoms with Gasteiger partial charge in [0, 0.05) is 0 Å². The number of unbranched alkanes of at least 4 members (excludes halogenated alkanes) is 15. The highest BCUT2D eigenvalue weighted by molar-refractivity contribution is 7.57. The topological polar surface area (TPSA) is 46.2 Å². The molecule has 0 saturated heterocycles. The van der Waals surface area contributed by atoms with Crippen molar-refractivity contribution >= 4 is 7.92 Å². The maximum atomic E-state index is 6.50. The van der Waals surface area contributed by atoms with E-state index in [4.69, 9.17) is 5.21 Å². The van der Waals surface area contributed by atoms with Crippen LogP contribution in [0.15, 0.2) is 0 Å². The van der Waals surface area contributed by atoms with Crippen molar-refractivity contribution in [1.82, 2.24) is 0 Å². The Morgan fingerprint density at radius 2 is 0.630 bits per heavy atom. The summed E-state index contributed by atoms with van der Waals surface area (Å²) in [5.74, 6) is 3.50. The summed E-state index contributed by atoms with van der Waals surface area (Å²) in [4.78, 5) is 0. The Balaban J connectivity index is 0. The molecule has 0 unspecified atom stereocenters. The smallest absolute Gasteiger partial charge is 0.0326 e. The quantitative estimate of drug-likeness (QED) is 0.114. The molecule has 0 aromatic heterocycles. The van der Waals surface area contributed by atoms with Crippen LogP contribution in [0.5, 0.6) is 0 Å². The Labute approximate surface area is 174 Å². The second kappa shape index (κ2) is 28.6. The van der Waals surface area contributed by atoms with Crippen molar-refractivity contribution in [2.24, 2.45) is 5.90 Å². The molecule has 0 amide bonds. The average molecular weight is 404 g/mol. The fourth-order valence-corrected chi connectivity index (χ4v) is 6.37. The van der Waals surface area contributed by atoms with Gasteiger partial charge in [0.2, 0.25) is 0 Å². The lowest BCUT2D eigenvalue weighted by molar-refractivity contribution is 0.311. The molecule has 0 fully saturated rings. The molecule has 3 N–H and O–H groups in total. The molecule has 0 heterocycles. The van der Waals surface area contributed by atoms with Crippen LogP contribution >= 0.6 is 7.92 Å². The molecule has 0 aliphatic heterocycles. The van der Waals surface area contributed by atoms with Crippen LogP contribution < -0.4 is 5.90 Å². The standard InChI is InChI=1S/C24H51P.H3NO/c1-4-7-10-13-16-19-22-25(23-20-17-14-11-8-5-2)24-21-18-15-12-9-6-3;1-2/h4-24H2,1-3H3;2H,1H2. The fraction of sp³-hybridized carbons (Fsp3) is 1.00. The van der Waals surface area contributed by atoms with Crippen molar-refractivity contribution in [1.29, 1.82) is 0 Å². The number of rotatable bonds is 21. The Hall–Kier alpha value is 0.350. The van der Waals surface area contributed by atoms with Crippen LogP contribution in [0.25, 0.3) is 0 Å². The maximum Gasteiger partial charge on any atom is -0.0326 e. The summed E-state index contributed by atoms with van der Waals surface area (Å²) in [5.41, 5.74) is 0. The first kappa shape index (κ1) is 29.6. The molecule has 166 valence electrons. The van der Waals surface area contributed by atoms with Gasteiger partial charge in [-0.15, -0.1) is 7.92 Å². The largest absolute Gasteiger partial charge is 0.320 e. The summed E-state index contributed by atoms with van der Waals surface area (Å²) in [7, 11) is 0.366. The highest BCUT2D eigenvalue weighted by Crippen LogP contribution is 2.39. The summed E-state index contributed by atoms with van der Waals surface area (Å²) >= 11 is 0. The third-order valence-electron chi connectivity index (χ3n) is 5.48. The summed E-state index contributed by atoms with van der Waals surface area (Å²) in [6.07, 6.45) is 31.2. The van der Waals surface area contributed by atoms with Gasteiger partial charge in [0.15, 0.2) is 0 Å². The van der Waals surface area contributed by atoms with Crippen molar-refractivity contribution in [3.05, 3.63) is 0 Å². The summed E-state index contributed by atoms with van der Waals surface area (Å²) < 4.78 is 0. The Morgan fingerprint density at radius 1 is 0.407 bits per heavy atom. The molecule has 0 spiro atoms. The highest BCUT2D eigenvalue weighted by Gasteiger charge is 2.07. The van der Waals surface area contributed by atoms with Crippen LogP contribution in [-0.4, -0.2) is 23.7 Å². The van der Waals surface area contributed by atoms with Gasteiger partial charge in [-0.3, -0.25) is 0 Å². The van der Waals surface area contributed by atoms with Crippen molar-refractivity contribution in [2.45, 2.75) is 136 Å². The van der Waals surface area contributed by atoms with E-state index in [9.17, 15) is 0 Å². The van der Waals surface area contributed by atoms with Gasteiger partial charge in [-0.05, 0) is 37.7 Å². The van der Waals surface area contributed by atoms with Gasteiger partial charge in [0.1, 0.15) is 0 Å². The third-order valence-corrected chi connectivity index (χ3v) is 8.33. The molecule has 0 rings (SSSR count). The van der Waals surface area contributed by atoms with Gasteiger partial charge >= 0.3 is 0 Å². The lowest BCUT2D eigenvalue weighted by atomic mass is 10.1. The minimum atomic E-state index is 0.366. The molecule has 0 bridgehead atoms. The highest BCUT2D eigenvalue weighted by atomic mass is 31.1. The minimum Gasteiger partial charge on any atom is -0.320 e. The van der Waals surface area contributed by atoms with E-state index in [1.165, 1.54) is 116 Å². The molecule has 0 radical (unpaired) electrons. The predicted octanol–water partition coefficient (Wildman–Crippen LogP) is 8.88. The molecule has 0 atom stereocenters. The molecule has 2 nitrogen and oxygen atoms in total. The Morgan fingerprint density at radius 3 is 0.889 bits per heavy atom. The zero-order chi connectivity index (χ0) is 20.4. The zero-order valence-corrected chi connectivity index (χ0v) is 20.2. The number of nitrogens with two attached hydrogens (primary N) is 1. The van der Waals surface area contributed by atoms with Crippen LogP contribution in [0, 0.1) is 0 Å². The van der Waals surface area contributed by atoms with Crippen molar-refractivity contribution in [2.75, 3.05) is 18.5 Å². The van der Waals surface area contributed by atoms with E-state index in [0.29, 0.717) is 7.92 Å². The SMILES string of the molecule is CCCCCCCCP(CCCCCCCC)CCCCCCCC.NO. The second-order valence-corrected chi connectivity index (χ2v) is 10.8. The van der Waals surface area contributed by atoms with E-state index in [1.54, 1.807) is 18.5 Å². The van der Waals surface area contributed by atoms with Crippen LogP contribution in [-0.2, 0) is 0 Å². The van der Waals surface area contributed by atoms with Crippen LogP contribution in [0.4, 0.5) is 0 Å². The van der Waals surface area contributed by atoms with Crippen LogP contribution in [0.1, 0.15) is 136 Å². The normalized spacial score (nSPS) is 10.9. The first-order valence-electron chi connectivity index (χ1n) is 12.3. The molecule has 0 aliphatic rings. The average Bonchev–Trinajstić information content (AvgIpc) is 2.70. The second-order valence-electron chi connectivity index (χ2n) is 8.14.